The molecular formula is C13H14N2O4S. The molecule has 2 rings (SSSR count). The van der Waals surface area contributed by atoms with Crippen LogP contribution in [0.15, 0.2) is 47.4 Å². The normalized spacial score (nSPS) is 12.5. The maximum absolute atomic E-state index is 12.2. The van der Waals surface area contributed by atoms with Crippen molar-refractivity contribution < 1.29 is 18.3 Å². The molecule has 0 aliphatic carbocycles. The van der Waals surface area contributed by atoms with E-state index in [4.69, 9.17) is 16.6 Å². The first-order valence-corrected chi connectivity index (χ1v) is 7.40. The summed E-state index contributed by atoms with van der Waals surface area (Å²) in [6.45, 7) is 0. The Hall–Kier alpha value is -1.96. The van der Waals surface area contributed by atoms with Crippen LogP contribution in [-0.2, 0) is 14.6 Å². The van der Waals surface area contributed by atoms with Gasteiger partial charge in [0.05, 0.1) is 10.6 Å². The number of hydrogen-bond donors (Lipinski definition) is 3. The lowest BCUT2D eigenvalue weighted by atomic mass is 10.1. The zero-order chi connectivity index (χ0) is 15.0. The van der Waals surface area contributed by atoms with Crippen molar-refractivity contribution in [1.29, 1.82) is 0 Å². The Balaban J connectivity index is 2.44. The fourth-order valence-corrected chi connectivity index (χ4v) is 3.32. The van der Waals surface area contributed by atoms with Crippen molar-refractivity contribution in [3.05, 3.63) is 42.5 Å². The summed E-state index contributed by atoms with van der Waals surface area (Å²) in [5.41, 5.74) is 8.27. The van der Waals surface area contributed by atoms with E-state index in [1.165, 1.54) is 12.1 Å². The Labute approximate surface area is 115 Å². The smallest absolute Gasteiger partial charge is 0.339 e. The summed E-state index contributed by atoms with van der Waals surface area (Å²) >= 11 is 0. The summed E-state index contributed by atoms with van der Waals surface area (Å²) < 4.78 is 24.3. The minimum Gasteiger partial charge on any atom is -0.479 e. The van der Waals surface area contributed by atoms with Crippen LogP contribution in [0.1, 0.15) is 0 Å². The molecule has 0 amide bonds. The number of benzene rings is 2. The first kappa shape index (κ1) is 14.4. The molecule has 5 N–H and O–H groups in total. The second kappa shape index (κ2) is 4.86. The Morgan fingerprint density at radius 3 is 2.30 bits per heavy atom. The molecular weight excluding hydrogens is 280 g/mol. The van der Waals surface area contributed by atoms with Crippen LogP contribution in [0, 0.1) is 0 Å². The third-order valence-corrected chi connectivity index (χ3v) is 4.74. The quantitative estimate of drug-likeness (QED) is 0.697. The zero-order valence-electron chi connectivity index (χ0n) is 10.5. The second-order valence-corrected chi connectivity index (χ2v) is 6.60. The molecule has 0 aliphatic rings. The summed E-state index contributed by atoms with van der Waals surface area (Å²) in [5.74, 6) is -2.44. The average molecular weight is 294 g/mol. The van der Waals surface area contributed by atoms with Crippen LogP contribution in [0.25, 0.3) is 10.8 Å². The Morgan fingerprint density at radius 1 is 1.10 bits per heavy atom. The van der Waals surface area contributed by atoms with Gasteiger partial charge in [-0.25, -0.2) is 13.2 Å². The van der Waals surface area contributed by atoms with E-state index in [9.17, 15) is 13.2 Å². The topological polar surface area (TPSA) is 123 Å². The zero-order valence-corrected chi connectivity index (χ0v) is 11.3. The van der Waals surface area contributed by atoms with E-state index in [0.29, 0.717) is 0 Å². The molecule has 0 heterocycles. The molecule has 7 heteroatoms. The van der Waals surface area contributed by atoms with Crippen molar-refractivity contribution in [1.82, 2.24) is 0 Å². The van der Waals surface area contributed by atoms with Gasteiger partial charge in [-0.2, -0.15) is 0 Å². The lowest BCUT2D eigenvalue weighted by molar-refractivity contribution is -0.142. The number of rotatable bonds is 4. The highest BCUT2D eigenvalue weighted by molar-refractivity contribution is 7.91. The first-order chi connectivity index (χ1) is 9.22. The van der Waals surface area contributed by atoms with Gasteiger partial charge in [-0.15, -0.1) is 0 Å². The number of aliphatic carboxylic acids is 1. The fraction of sp³-hybridized carbons (Fsp3) is 0.154. The van der Waals surface area contributed by atoms with Gasteiger partial charge >= 0.3 is 5.97 Å². The minimum atomic E-state index is -3.89. The van der Waals surface area contributed by atoms with Crippen LogP contribution >= 0.6 is 0 Å². The van der Waals surface area contributed by atoms with Crippen LogP contribution in [0.2, 0.25) is 0 Å². The van der Waals surface area contributed by atoms with Crippen molar-refractivity contribution in [2.75, 3.05) is 5.75 Å². The van der Waals surface area contributed by atoms with E-state index in [2.05, 4.69) is 0 Å². The average Bonchev–Trinajstić information content (AvgIpc) is 2.36. The van der Waals surface area contributed by atoms with Gasteiger partial charge in [0.15, 0.2) is 15.5 Å². The first-order valence-electron chi connectivity index (χ1n) is 5.75. The SMILES string of the molecule is NC(N)(CS(=O)(=O)c1ccc2ccccc2c1)C(=O)O. The number of carbonyl (C=O) groups is 1. The van der Waals surface area contributed by atoms with Crippen LogP contribution in [0.5, 0.6) is 0 Å². The lowest BCUT2D eigenvalue weighted by Gasteiger charge is -2.18. The summed E-state index contributed by atoms with van der Waals surface area (Å²) in [6.07, 6.45) is 0. The Morgan fingerprint density at radius 2 is 1.70 bits per heavy atom. The summed E-state index contributed by atoms with van der Waals surface area (Å²) in [7, 11) is -3.89. The molecule has 2 aromatic carbocycles. The van der Waals surface area contributed by atoms with E-state index in [1.807, 2.05) is 12.1 Å². The number of sulfone groups is 1. The van der Waals surface area contributed by atoms with Gasteiger partial charge in [-0.05, 0) is 22.9 Å². The van der Waals surface area contributed by atoms with Crippen molar-refractivity contribution >= 4 is 26.6 Å². The Bertz CT molecular complexity index is 769. The number of carboxylic acids is 1. The van der Waals surface area contributed by atoms with Crippen LogP contribution < -0.4 is 11.5 Å². The van der Waals surface area contributed by atoms with Crippen molar-refractivity contribution in [3.63, 3.8) is 0 Å². The van der Waals surface area contributed by atoms with E-state index in [0.717, 1.165) is 10.8 Å². The molecule has 0 saturated carbocycles. The highest BCUT2D eigenvalue weighted by Gasteiger charge is 2.35. The molecule has 2 aromatic rings. The largest absolute Gasteiger partial charge is 0.479 e. The molecule has 106 valence electrons. The van der Waals surface area contributed by atoms with Gasteiger partial charge in [0.25, 0.3) is 0 Å². The third kappa shape index (κ3) is 2.79. The van der Waals surface area contributed by atoms with Gasteiger partial charge in [0.1, 0.15) is 0 Å². The lowest BCUT2D eigenvalue weighted by Crippen LogP contribution is -2.60. The van der Waals surface area contributed by atoms with E-state index < -0.39 is 27.2 Å². The third-order valence-electron chi connectivity index (χ3n) is 2.91. The highest BCUT2D eigenvalue weighted by Crippen LogP contribution is 2.20. The maximum Gasteiger partial charge on any atom is 0.339 e. The fourth-order valence-electron chi connectivity index (χ4n) is 1.82. The van der Waals surface area contributed by atoms with Gasteiger partial charge in [-0.1, -0.05) is 30.3 Å². The molecule has 6 nitrogen and oxygen atoms in total. The van der Waals surface area contributed by atoms with E-state index in [-0.39, 0.29) is 4.90 Å². The minimum absolute atomic E-state index is 0.00211. The highest BCUT2D eigenvalue weighted by atomic mass is 32.2. The van der Waals surface area contributed by atoms with Crippen LogP contribution in [-0.4, -0.2) is 30.9 Å². The molecule has 0 bridgehead atoms. The predicted octanol–water partition coefficient (Wildman–Crippen LogP) is 0.312. The molecule has 0 fully saturated rings. The molecule has 0 saturated heterocycles. The van der Waals surface area contributed by atoms with Crippen LogP contribution in [0.4, 0.5) is 0 Å². The summed E-state index contributed by atoms with van der Waals surface area (Å²) in [5, 5.41) is 10.4. The summed E-state index contributed by atoms with van der Waals surface area (Å²) in [6, 6.07) is 11.8. The number of nitrogens with two attached hydrogens (primary N) is 2. The predicted molar refractivity (Wildman–Crippen MR) is 74.7 cm³/mol. The van der Waals surface area contributed by atoms with Crippen molar-refractivity contribution in [2.45, 2.75) is 10.6 Å². The van der Waals surface area contributed by atoms with Gasteiger partial charge < -0.3 is 16.6 Å². The number of fused-ring (bicyclic) bond motifs is 1. The van der Waals surface area contributed by atoms with Gasteiger partial charge in [0, 0.05) is 0 Å². The Kier molecular flexibility index (Phi) is 3.51. The molecule has 0 aliphatic heterocycles. The van der Waals surface area contributed by atoms with Gasteiger partial charge in [0.2, 0.25) is 0 Å². The van der Waals surface area contributed by atoms with Crippen molar-refractivity contribution in [2.24, 2.45) is 11.5 Å². The number of hydrogen-bond acceptors (Lipinski definition) is 5. The molecule has 20 heavy (non-hydrogen) atoms. The molecule has 0 atom stereocenters. The molecule has 0 radical (unpaired) electrons. The number of carboxylic acid groups (broad SMARTS) is 1. The van der Waals surface area contributed by atoms with Gasteiger partial charge in [-0.3, -0.25) is 0 Å². The molecule has 0 aromatic heterocycles. The maximum atomic E-state index is 12.2. The van der Waals surface area contributed by atoms with E-state index >= 15 is 0 Å². The summed E-state index contributed by atoms with van der Waals surface area (Å²) in [4.78, 5) is 10.8. The van der Waals surface area contributed by atoms with Crippen LogP contribution in [0.3, 0.4) is 0 Å². The van der Waals surface area contributed by atoms with E-state index in [1.54, 1.807) is 18.2 Å². The standard InChI is InChI=1S/C13H14N2O4S/c14-13(15,12(16)17)8-20(18,19)11-6-5-9-3-1-2-4-10(9)7-11/h1-7H,8,14-15H2,(H,16,17). The monoisotopic (exact) mass is 294 g/mol. The molecule has 0 spiro atoms. The second-order valence-electron chi connectivity index (χ2n) is 4.61. The van der Waals surface area contributed by atoms with Crippen molar-refractivity contribution in [3.8, 4) is 0 Å². The molecule has 0 unspecified atom stereocenters.